The Morgan fingerprint density at radius 3 is 1.93 bits per heavy atom. The van der Waals surface area contributed by atoms with Crippen molar-refractivity contribution in [2.24, 2.45) is 0 Å². The van der Waals surface area contributed by atoms with E-state index >= 15 is 8.78 Å². The van der Waals surface area contributed by atoms with Gasteiger partial charge in [0.2, 0.25) is 0 Å². The minimum atomic E-state index is -3.71. The van der Waals surface area contributed by atoms with Crippen molar-refractivity contribution in [3.05, 3.63) is 35.4 Å². The number of halogens is 2. The molecule has 0 aromatic heterocycles. The van der Waals surface area contributed by atoms with E-state index < -0.39 is 29.9 Å². The van der Waals surface area contributed by atoms with E-state index in [9.17, 15) is 9.59 Å². The number of nitrogens with zero attached hydrogens (tertiary/aromatic N) is 3. The normalized spacial score (nSPS) is 26.0. The number of rotatable bonds is 3. The van der Waals surface area contributed by atoms with Crippen molar-refractivity contribution in [3.63, 3.8) is 0 Å². The Bertz CT molecular complexity index is 837. The Hall–Kier alpha value is -2.49. The highest BCUT2D eigenvalue weighted by molar-refractivity contribution is 6.02. The van der Waals surface area contributed by atoms with Gasteiger partial charge < -0.3 is 4.90 Å². The zero-order valence-electron chi connectivity index (χ0n) is 17.0. The van der Waals surface area contributed by atoms with E-state index in [2.05, 4.69) is 0 Å². The number of amides is 3. The Kier molecular flexibility index (Phi) is 5.77. The molecular weight excluding hydrogens is 388 g/mol. The summed E-state index contributed by atoms with van der Waals surface area (Å²) in [5, 5.41) is 9.04. The molecule has 0 N–H and O–H groups in total. The average molecular weight is 415 g/mol. The van der Waals surface area contributed by atoms with Crippen LogP contribution >= 0.6 is 0 Å². The first-order valence-electron chi connectivity index (χ1n) is 11.0. The number of alkyl halides is 2. The van der Waals surface area contributed by atoms with Crippen molar-refractivity contribution >= 4 is 11.9 Å². The SMILES string of the molecule is N#Cc1ccc(C2N(C3CCCCC3)C(=O)N(C3CCCCC3)C(=O)C2(F)F)cc1. The van der Waals surface area contributed by atoms with Crippen LogP contribution in [-0.4, -0.2) is 39.7 Å². The Morgan fingerprint density at radius 2 is 1.40 bits per heavy atom. The van der Waals surface area contributed by atoms with Gasteiger partial charge in [0.1, 0.15) is 6.04 Å². The first kappa shape index (κ1) is 20.8. The second kappa shape index (κ2) is 8.33. The van der Waals surface area contributed by atoms with Crippen LogP contribution in [-0.2, 0) is 4.79 Å². The van der Waals surface area contributed by atoms with Gasteiger partial charge in [-0.15, -0.1) is 0 Å². The highest BCUT2D eigenvalue weighted by Crippen LogP contribution is 2.46. The fourth-order valence-electron chi connectivity index (χ4n) is 5.27. The lowest BCUT2D eigenvalue weighted by atomic mass is 9.86. The van der Waals surface area contributed by atoms with E-state index in [0.717, 1.165) is 43.4 Å². The lowest BCUT2D eigenvalue weighted by Crippen LogP contribution is -2.67. The molecule has 1 aliphatic heterocycles. The number of urea groups is 1. The highest BCUT2D eigenvalue weighted by atomic mass is 19.3. The van der Waals surface area contributed by atoms with Gasteiger partial charge in [-0.3, -0.25) is 9.69 Å². The summed E-state index contributed by atoms with van der Waals surface area (Å²) < 4.78 is 31.3. The number of imide groups is 1. The molecule has 30 heavy (non-hydrogen) atoms. The molecule has 3 aliphatic rings. The molecule has 3 fully saturated rings. The van der Waals surface area contributed by atoms with E-state index in [1.807, 2.05) is 6.07 Å². The minimum Gasteiger partial charge on any atom is -0.308 e. The number of benzene rings is 1. The summed E-state index contributed by atoms with van der Waals surface area (Å²) >= 11 is 0. The second-order valence-corrected chi connectivity index (χ2v) is 8.71. The molecule has 1 atom stereocenters. The van der Waals surface area contributed by atoms with Crippen molar-refractivity contribution in [2.75, 3.05) is 0 Å². The van der Waals surface area contributed by atoms with Crippen molar-refractivity contribution in [1.29, 1.82) is 5.26 Å². The van der Waals surface area contributed by atoms with Crippen LogP contribution in [0.2, 0.25) is 0 Å². The van der Waals surface area contributed by atoms with E-state index in [1.54, 1.807) is 0 Å². The van der Waals surface area contributed by atoms with Gasteiger partial charge in [0.15, 0.2) is 0 Å². The summed E-state index contributed by atoms with van der Waals surface area (Å²) in [4.78, 5) is 28.7. The van der Waals surface area contributed by atoms with Gasteiger partial charge in [0.05, 0.1) is 11.6 Å². The molecule has 5 nitrogen and oxygen atoms in total. The molecule has 3 amide bonds. The van der Waals surface area contributed by atoms with E-state index in [-0.39, 0.29) is 11.6 Å². The fourth-order valence-corrected chi connectivity index (χ4v) is 5.27. The molecule has 0 bridgehead atoms. The predicted octanol–water partition coefficient (Wildman–Crippen LogP) is 5.16. The third-order valence-corrected chi connectivity index (χ3v) is 6.82. The molecule has 1 unspecified atom stereocenters. The first-order chi connectivity index (χ1) is 14.4. The van der Waals surface area contributed by atoms with Crippen LogP contribution in [0, 0.1) is 11.3 Å². The van der Waals surface area contributed by atoms with E-state index in [0.29, 0.717) is 31.2 Å². The van der Waals surface area contributed by atoms with Crippen molar-refractivity contribution in [2.45, 2.75) is 88.3 Å². The smallest absolute Gasteiger partial charge is 0.308 e. The number of hydrogen-bond acceptors (Lipinski definition) is 3. The lowest BCUT2D eigenvalue weighted by Gasteiger charge is -2.50. The van der Waals surface area contributed by atoms with E-state index in [1.165, 1.54) is 29.2 Å². The van der Waals surface area contributed by atoms with Gasteiger partial charge in [-0.2, -0.15) is 14.0 Å². The highest BCUT2D eigenvalue weighted by Gasteiger charge is 2.62. The van der Waals surface area contributed by atoms with Crippen LogP contribution in [0.1, 0.15) is 81.4 Å². The molecular formula is C23H27F2N3O2. The van der Waals surface area contributed by atoms with Crippen LogP contribution in [0.3, 0.4) is 0 Å². The molecule has 7 heteroatoms. The van der Waals surface area contributed by atoms with Crippen LogP contribution in [0.15, 0.2) is 24.3 Å². The molecule has 160 valence electrons. The predicted molar refractivity (Wildman–Crippen MR) is 107 cm³/mol. The summed E-state index contributed by atoms with van der Waals surface area (Å²) in [6.45, 7) is 0. The van der Waals surface area contributed by atoms with Crippen LogP contribution in [0.5, 0.6) is 0 Å². The van der Waals surface area contributed by atoms with Crippen molar-refractivity contribution in [3.8, 4) is 6.07 Å². The lowest BCUT2D eigenvalue weighted by molar-refractivity contribution is -0.179. The average Bonchev–Trinajstić information content (AvgIpc) is 2.78. The maximum atomic E-state index is 15.7. The standard InChI is InChI=1S/C23H27F2N3O2/c24-23(25)20(17-13-11-16(15-26)12-14-17)27(18-7-3-1-4-8-18)22(30)28(21(23)29)19-9-5-2-6-10-19/h11-14,18-20H,1-10H2. The van der Waals surface area contributed by atoms with E-state index in [4.69, 9.17) is 5.26 Å². The van der Waals surface area contributed by atoms with Gasteiger partial charge in [-0.25, -0.2) is 4.79 Å². The van der Waals surface area contributed by atoms with Crippen LogP contribution < -0.4 is 0 Å². The number of carbonyl (C=O) groups excluding carboxylic acids is 2. The zero-order chi connectivity index (χ0) is 21.3. The largest absolute Gasteiger partial charge is 0.349 e. The summed E-state index contributed by atoms with van der Waals surface area (Å²) in [7, 11) is 0. The van der Waals surface area contributed by atoms with Crippen LogP contribution in [0.4, 0.5) is 13.6 Å². The molecule has 1 aromatic carbocycles. The third kappa shape index (κ3) is 3.57. The number of nitriles is 1. The van der Waals surface area contributed by atoms with Gasteiger partial charge in [0.25, 0.3) is 0 Å². The molecule has 0 spiro atoms. The molecule has 1 saturated heterocycles. The monoisotopic (exact) mass is 415 g/mol. The number of hydrogen-bond donors (Lipinski definition) is 0. The third-order valence-electron chi connectivity index (χ3n) is 6.82. The van der Waals surface area contributed by atoms with Gasteiger partial charge in [0, 0.05) is 12.1 Å². The topological polar surface area (TPSA) is 64.4 Å². The van der Waals surface area contributed by atoms with Crippen molar-refractivity contribution in [1.82, 2.24) is 9.80 Å². The Morgan fingerprint density at radius 1 is 0.867 bits per heavy atom. The molecule has 1 aromatic rings. The second-order valence-electron chi connectivity index (χ2n) is 8.71. The molecule has 0 radical (unpaired) electrons. The molecule has 2 aliphatic carbocycles. The minimum absolute atomic E-state index is 0.203. The summed E-state index contributed by atoms with van der Waals surface area (Å²) in [5.41, 5.74) is 0.554. The summed E-state index contributed by atoms with van der Waals surface area (Å²) in [6, 6.07) is 4.85. The van der Waals surface area contributed by atoms with Gasteiger partial charge in [-0.1, -0.05) is 50.7 Å². The van der Waals surface area contributed by atoms with Crippen molar-refractivity contribution < 1.29 is 18.4 Å². The molecule has 2 saturated carbocycles. The summed E-state index contributed by atoms with van der Waals surface area (Å²) in [5.74, 6) is -5.09. The first-order valence-corrected chi connectivity index (χ1v) is 11.0. The van der Waals surface area contributed by atoms with Crippen LogP contribution in [0.25, 0.3) is 0 Å². The number of carbonyl (C=O) groups is 2. The molecule has 1 heterocycles. The van der Waals surface area contributed by atoms with Gasteiger partial charge in [-0.05, 0) is 43.4 Å². The molecule has 4 rings (SSSR count). The zero-order valence-corrected chi connectivity index (χ0v) is 17.0. The Balaban J connectivity index is 1.77. The maximum Gasteiger partial charge on any atom is 0.349 e. The quantitative estimate of drug-likeness (QED) is 0.685. The summed E-state index contributed by atoms with van der Waals surface area (Å²) in [6.07, 6.45) is 8.01. The Labute approximate surface area is 175 Å². The fraction of sp³-hybridized carbons (Fsp3) is 0.609. The van der Waals surface area contributed by atoms with Gasteiger partial charge >= 0.3 is 17.9 Å². The maximum absolute atomic E-state index is 15.7.